The van der Waals surface area contributed by atoms with Gasteiger partial charge in [0.2, 0.25) is 0 Å². The smallest absolute Gasteiger partial charge is 0.0541 e. The van der Waals surface area contributed by atoms with E-state index in [0.29, 0.717) is 5.92 Å². The summed E-state index contributed by atoms with van der Waals surface area (Å²) in [7, 11) is 2.20. The molecule has 5 aromatic rings. The van der Waals surface area contributed by atoms with Gasteiger partial charge in [0.25, 0.3) is 0 Å². The molecule has 2 aromatic heterocycles. The Morgan fingerprint density at radius 3 is 2.39 bits per heavy atom. The summed E-state index contributed by atoms with van der Waals surface area (Å²) in [6.45, 7) is 13.7. The molecule has 0 unspecified atom stereocenters. The van der Waals surface area contributed by atoms with Crippen LogP contribution in [0.4, 0.5) is 0 Å². The van der Waals surface area contributed by atoms with Crippen molar-refractivity contribution in [3.05, 3.63) is 127 Å². The SMILES string of the molecule is C=C/C=C\C(=C)C.CC(C)c1cccc2c3cc(-n4c5c(c6ccccc64)C=CCC=C5)ccc3n(C)c12. The van der Waals surface area contributed by atoms with Crippen molar-refractivity contribution in [2.75, 3.05) is 0 Å². The molecule has 0 spiro atoms. The molecular weight excluding hydrogens is 460 g/mol. The highest BCUT2D eigenvalue weighted by Crippen LogP contribution is 2.37. The van der Waals surface area contributed by atoms with E-state index in [1.165, 1.54) is 55.2 Å². The van der Waals surface area contributed by atoms with Gasteiger partial charge >= 0.3 is 0 Å². The lowest BCUT2D eigenvalue weighted by molar-refractivity contribution is 0.861. The summed E-state index contributed by atoms with van der Waals surface area (Å²) in [6.07, 6.45) is 15.5. The van der Waals surface area contributed by atoms with E-state index in [2.05, 4.69) is 128 Å². The Kier molecular flexibility index (Phi) is 7.07. The van der Waals surface area contributed by atoms with Crippen LogP contribution in [0.1, 0.15) is 49.9 Å². The van der Waals surface area contributed by atoms with Crippen molar-refractivity contribution in [3.8, 4) is 5.69 Å². The van der Waals surface area contributed by atoms with Crippen molar-refractivity contribution in [3.63, 3.8) is 0 Å². The third kappa shape index (κ3) is 4.48. The normalized spacial score (nSPS) is 12.8. The predicted molar refractivity (Wildman–Crippen MR) is 168 cm³/mol. The van der Waals surface area contributed by atoms with Crippen molar-refractivity contribution >= 4 is 44.9 Å². The highest BCUT2D eigenvalue weighted by Gasteiger charge is 2.18. The molecule has 190 valence electrons. The van der Waals surface area contributed by atoms with E-state index >= 15 is 0 Å². The minimum atomic E-state index is 0.493. The highest BCUT2D eigenvalue weighted by molar-refractivity contribution is 6.10. The lowest BCUT2D eigenvalue weighted by Crippen LogP contribution is -1.97. The zero-order valence-corrected chi connectivity index (χ0v) is 22.9. The lowest BCUT2D eigenvalue weighted by atomic mass is 10.00. The van der Waals surface area contributed by atoms with Gasteiger partial charge in [-0.2, -0.15) is 0 Å². The van der Waals surface area contributed by atoms with Crippen molar-refractivity contribution in [2.45, 2.75) is 33.1 Å². The number of aryl methyl sites for hydroxylation is 1. The number of para-hydroxylation sites is 2. The molecule has 3 aromatic carbocycles. The van der Waals surface area contributed by atoms with Gasteiger partial charge in [0, 0.05) is 40.0 Å². The molecule has 2 heterocycles. The first kappa shape index (κ1) is 25.4. The maximum absolute atomic E-state index is 3.66. The number of hydrogen-bond donors (Lipinski definition) is 0. The van der Waals surface area contributed by atoms with Crippen LogP contribution in [0.5, 0.6) is 0 Å². The molecule has 2 nitrogen and oxygen atoms in total. The average molecular weight is 497 g/mol. The lowest BCUT2D eigenvalue weighted by Gasteiger charge is -2.10. The van der Waals surface area contributed by atoms with Gasteiger partial charge in [-0.25, -0.2) is 0 Å². The number of hydrogen-bond acceptors (Lipinski definition) is 0. The summed E-state index contributed by atoms with van der Waals surface area (Å²) in [5, 5.41) is 3.96. The zero-order chi connectivity index (χ0) is 26.8. The maximum Gasteiger partial charge on any atom is 0.0541 e. The Bertz CT molecular complexity index is 1760. The number of benzene rings is 3. The molecule has 2 heteroatoms. The minimum absolute atomic E-state index is 0.493. The second kappa shape index (κ2) is 10.6. The molecule has 6 rings (SSSR count). The number of nitrogens with zero attached hydrogens (tertiary/aromatic N) is 2. The van der Waals surface area contributed by atoms with Crippen LogP contribution in [0.15, 0.2) is 110 Å². The second-order valence-electron chi connectivity index (χ2n) is 10.3. The fraction of sp³-hybridized carbons (Fsp3) is 0.167. The van der Waals surface area contributed by atoms with Crippen molar-refractivity contribution in [1.29, 1.82) is 0 Å². The molecule has 0 N–H and O–H groups in total. The molecule has 1 aliphatic rings. The molecule has 0 bridgehead atoms. The van der Waals surface area contributed by atoms with Gasteiger partial charge in [0.05, 0.1) is 16.7 Å². The summed E-state index contributed by atoms with van der Waals surface area (Å²) in [4.78, 5) is 0. The Balaban J connectivity index is 0.000000374. The fourth-order valence-electron chi connectivity index (χ4n) is 5.49. The first-order chi connectivity index (χ1) is 18.4. The van der Waals surface area contributed by atoms with Crippen molar-refractivity contribution in [1.82, 2.24) is 9.13 Å². The van der Waals surface area contributed by atoms with E-state index < -0.39 is 0 Å². The van der Waals surface area contributed by atoms with E-state index in [-0.39, 0.29) is 0 Å². The number of fused-ring (bicyclic) bond motifs is 6. The number of aromatic nitrogens is 2. The quantitative estimate of drug-likeness (QED) is 0.219. The minimum Gasteiger partial charge on any atom is -0.343 e. The average Bonchev–Trinajstić information content (AvgIpc) is 3.25. The zero-order valence-electron chi connectivity index (χ0n) is 22.9. The summed E-state index contributed by atoms with van der Waals surface area (Å²) >= 11 is 0. The fourth-order valence-corrected chi connectivity index (χ4v) is 5.49. The van der Waals surface area contributed by atoms with Crippen molar-refractivity contribution in [2.24, 2.45) is 7.05 Å². The van der Waals surface area contributed by atoms with Crippen LogP contribution in [0.25, 0.3) is 50.5 Å². The Labute approximate surface area is 226 Å². The third-order valence-electron chi connectivity index (χ3n) is 7.22. The molecule has 0 fully saturated rings. The molecule has 0 aliphatic heterocycles. The van der Waals surface area contributed by atoms with Crippen LogP contribution < -0.4 is 0 Å². The predicted octanol–water partition coefficient (Wildman–Crippen LogP) is 10.1. The van der Waals surface area contributed by atoms with Gasteiger partial charge in [-0.1, -0.05) is 105 Å². The Morgan fingerprint density at radius 2 is 1.66 bits per heavy atom. The Morgan fingerprint density at radius 1 is 0.895 bits per heavy atom. The molecule has 0 atom stereocenters. The van der Waals surface area contributed by atoms with Crippen LogP contribution in [-0.2, 0) is 7.05 Å². The first-order valence-electron chi connectivity index (χ1n) is 13.3. The van der Waals surface area contributed by atoms with Gasteiger partial charge in [-0.3, -0.25) is 0 Å². The van der Waals surface area contributed by atoms with Crippen LogP contribution in [-0.4, -0.2) is 9.13 Å². The van der Waals surface area contributed by atoms with Crippen LogP contribution in [0.2, 0.25) is 0 Å². The van der Waals surface area contributed by atoms with Gasteiger partial charge in [-0.15, -0.1) is 0 Å². The van der Waals surface area contributed by atoms with Crippen molar-refractivity contribution < 1.29 is 0 Å². The van der Waals surface area contributed by atoms with E-state index in [4.69, 9.17) is 0 Å². The third-order valence-corrected chi connectivity index (χ3v) is 7.22. The molecule has 0 radical (unpaired) electrons. The Hall–Kier alpha value is -4.30. The summed E-state index contributed by atoms with van der Waals surface area (Å²) in [5.41, 5.74) is 10.1. The number of allylic oxidation sites excluding steroid dienone is 6. The summed E-state index contributed by atoms with van der Waals surface area (Å²) in [5.74, 6) is 0.493. The van der Waals surface area contributed by atoms with E-state index in [9.17, 15) is 0 Å². The van der Waals surface area contributed by atoms with Gasteiger partial charge < -0.3 is 9.13 Å². The topological polar surface area (TPSA) is 9.86 Å². The number of rotatable bonds is 4. The molecule has 1 aliphatic carbocycles. The van der Waals surface area contributed by atoms with E-state index in [0.717, 1.165) is 12.0 Å². The largest absolute Gasteiger partial charge is 0.343 e. The molecular formula is C36H36N2. The second-order valence-corrected chi connectivity index (χ2v) is 10.3. The monoisotopic (exact) mass is 496 g/mol. The summed E-state index contributed by atoms with van der Waals surface area (Å²) in [6, 6.07) is 22.4. The van der Waals surface area contributed by atoms with Gasteiger partial charge in [0.1, 0.15) is 0 Å². The van der Waals surface area contributed by atoms with Gasteiger partial charge in [0.15, 0.2) is 0 Å². The van der Waals surface area contributed by atoms with Gasteiger partial charge in [-0.05, 0) is 55.2 Å². The highest BCUT2D eigenvalue weighted by atomic mass is 15.0. The van der Waals surface area contributed by atoms with Crippen LogP contribution in [0.3, 0.4) is 0 Å². The van der Waals surface area contributed by atoms with E-state index in [1.807, 2.05) is 19.1 Å². The standard InChI is InChI=1S/C29H26N2.C7H10/c1-19(2)21-12-9-13-24-25-18-20(16-17-26(25)30(3)29(21)24)31-27-14-6-4-5-10-22(27)23-11-7-8-15-28(23)31;1-4-5-6-7(2)3/h5-19H,4H2,1-3H3;4-6H,1-2H2,3H3/b;6-5-. The molecule has 0 amide bonds. The maximum atomic E-state index is 3.66. The van der Waals surface area contributed by atoms with E-state index in [1.54, 1.807) is 6.08 Å². The van der Waals surface area contributed by atoms with Crippen LogP contribution >= 0.6 is 0 Å². The molecule has 0 saturated heterocycles. The summed E-state index contributed by atoms with van der Waals surface area (Å²) < 4.78 is 4.78. The first-order valence-corrected chi connectivity index (χ1v) is 13.3. The molecule has 38 heavy (non-hydrogen) atoms. The molecule has 0 saturated carbocycles. The van der Waals surface area contributed by atoms with Crippen LogP contribution in [0, 0.1) is 0 Å².